The van der Waals surface area contributed by atoms with Crippen molar-refractivity contribution in [1.82, 2.24) is 0 Å². The zero-order valence-corrected chi connectivity index (χ0v) is 10.5. The average Bonchev–Trinajstić information content (AvgIpc) is 2.28. The van der Waals surface area contributed by atoms with Crippen LogP contribution in [0.1, 0.15) is 19.8 Å². The molecule has 0 amide bonds. The molecule has 0 fully saturated rings. The molecular weight excluding hydrogens is 220 g/mol. The molecule has 0 aliphatic heterocycles. The first-order chi connectivity index (χ1) is 7.67. The second kappa shape index (κ2) is 6.43. The predicted molar refractivity (Wildman–Crippen MR) is 69.5 cm³/mol. The Balaban J connectivity index is 2.73. The lowest BCUT2D eigenvalue weighted by Gasteiger charge is -2.15. The number of hydrogen-bond donors (Lipinski definition) is 2. The number of amidine groups is 1. The fourth-order valence-electron chi connectivity index (χ4n) is 1.41. The number of ether oxygens (including phenoxy) is 1. The molecule has 0 aromatic heterocycles. The number of methoxy groups -OCH3 is 1. The molecule has 0 aliphatic rings. The van der Waals surface area contributed by atoms with E-state index in [2.05, 4.69) is 6.92 Å². The highest BCUT2D eigenvalue weighted by molar-refractivity contribution is 8.00. The second-order valence-corrected chi connectivity index (χ2v) is 4.87. The molecule has 0 spiro atoms. The molecule has 1 aromatic carbocycles. The summed E-state index contributed by atoms with van der Waals surface area (Å²) in [7, 11) is 1.67. The van der Waals surface area contributed by atoms with Gasteiger partial charge >= 0.3 is 0 Å². The van der Waals surface area contributed by atoms with Crippen LogP contribution in [0.4, 0.5) is 0 Å². The van der Waals surface area contributed by atoms with Crippen molar-refractivity contribution in [2.75, 3.05) is 7.11 Å². The summed E-state index contributed by atoms with van der Waals surface area (Å²) in [6, 6.07) is 7.93. The lowest BCUT2D eigenvalue weighted by atomic mass is 10.2. The summed E-state index contributed by atoms with van der Waals surface area (Å²) in [5.41, 5.74) is 5.43. The predicted octanol–water partition coefficient (Wildman–Crippen LogP) is 2.89. The molecule has 0 heterocycles. The summed E-state index contributed by atoms with van der Waals surface area (Å²) in [6.45, 7) is 2.11. The van der Waals surface area contributed by atoms with Gasteiger partial charge in [-0.2, -0.15) is 0 Å². The van der Waals surface area contributed by atoms with Crippen molar-refractivity contribution < 1.29 is 4.74 Å². The minimum absolute atomic E-state index is 0.245. The van der Waals surface area contributed by atoms with Crippen LogP contribution in [0, 0.1) is 5.41 Å². The summed E-state index contributed by atoms with van der Waals surface area (Å²) in [5.74, 6) is 1.13. The minimum Gasteiger partial charge on any atom is -0.496 e. The zero-order chi connectivity index (χ0) is 12.0. The van der Waals surface area contributed by atoms with Gasteiger partial charge in [0.15, 0.2) is 0 Å². The third-order valence-corrected chi connectivity index (χ3v) is 3.69. The summed E-state index contributed by atoms with van der Waals surface area (Å²) in [4.78, 5) is 1.11. The van der Waals surface area contributed by atoms with Crippen LogP contribution in [-0.2, 0) is 0 Å². The summed E-state index contributed by atoms with van der Waals surface area (Å²) in [5, 5.41) is 7.67. The number of para-hydroxylation sites is 1. The fourth-order valence-corrected chi connectivity index (χ4v) is 2.62. The van der Waals surface area contributed by atoms with Crippen LogP contribution in [0.15, 0.2) is 29.2 Å². The van der Waals surface area contributed by atoms with Crippen molar-refractivity contribution in [3.63, 3.8) is 0 Å². The first kappa shape index (κ1) is 12.9. The van der Waals surface area contributed by atoms with Crippen LogP contribution in [0.2, 0.25) is 0 Å². The summed E-state index contributed by atoms with van der Waals surface area (Å²) in [6.07, 6.45) is 1.61. The van der Waals surface area contributed by atoms with Crippen LogP contribution in [0.25, 0.3) is 0 Å². The zero-order valence-electron chi connectivity index (χ0n) is 9.69. The molecule has 0 radical (unpaired) electrons. The Hall–Kier alpha value is -1.16. The van der Waals surface area contributed by atoms with E-state index in [1.54, 1.807) is 18.9 Å². The third kappa shape index (κ3) is 3.77. The van der Waals surface area contributed by atoms with E-state index in [0.29, 0.717) is 11.7 Å². The molecule has 1 atom stereocenters. The second-order valence-electron chi connectivity index (χ2n) is 3.53. The Morgan fingerprint density at radius 2 is 2.19 bits per heavy atom. The summed E-state index contributed by atoms with van der Waals surface area (Å²) < 4.78 is 5.29. The van der Waals surface area contributed by atoms with E-state index in [4.69, 9.17) is 15.9 Å². The van der Waals surface area contributed by atoms with Gasteiger partial charge in [-0.25, -0.2) is 0 Å². The van der Waals surface area contributed by atoms with Crippen LogP contribution < -0.4 is 10.5 Å². The molecule has 3 N–H and O–H groups in total. The highest BCUT2D eigenvalue weighted by Crippen LogP contribution is 2.34. The van der Waals surface area contributed by atoms with E-state index >= 15 is 0 Å². The van der Waals surface area contributed by atoms with E-state index < -0.39 is 0 Å². The Morgan fingerprint density at radius 1 is 1.50 bits per heavy atom. The molecule has 1 unspecified atom stereocenters. The minimum atomic E-state index is 0.245. The van der Waals surface area contributed by atoms with Gasteiger partial charge in [0, 0.05) is 16.6 Å². The smallest absolute Gasteiger partial charge is 0.132 e. The molecule has 0 saturated heterocycles. The van der Waals surface area contributed by atoms with E-state index in [1.165, 1.54) is 0 Å². The molecule has 0 aliphatic carbocycles. The van der Waals surface area contributed by atoms with Gasteiger partial charge in [-0.1, -0.05) is 19.1 Å². The number of benzene rings is 1. The lowest BCUT2D eigenvalue weighted by Crippen LogP contribution is -2.16. The van der Waals surface area contributed by atoms with Gasteiger partial charge in [0.1, 0.15) is 5.75 Å². The topological polar surface area (TPSA) is 59.1 Å². The molecule has 1 aromatic rings. The van der Waals surface area contributed by atoms with Crippen LogP contribution in [-0.4, -0.2) is 18.2 Å². The van der Waals surface area contributed by atoms with Gasteiger partial charge in [0.2, 0.25) is 0 Å². The van der Waals surface area contributed by atoms with E-state index in [1.807, 2.05) is 24.3 Å². The van der Waals surface area contributed by atoms with Crippen molar-refractivity contribution in [2.45, 2.75) is 29.9 Å². The van der Waals surface area contributed by atoms with Gasteiger partial charge in [0.25, 0.3) is 0 Å². The first-order valence-electron chi connectivity index (χ1n) is 5.30. The molecule has 0 saturated carbocycles. The Bertz CT molecular complexity index is 355. The van der Waals surface area contributed by atoms with Crippen LogP contribution in [0.3, 0.4) is 0 Å². The van der Waals surface area contributed by atoms with E-state index in [0.717, 1.165) is 17.1 Å². The van der Waals surface area contributed by atoms with E-state index in [-0.39, 0.29) is 5.84 Å². The Kier molecular flexibility index (Phi) is 5.19. The summed E-state index contributed by atoms with van der Waals surface area (Å²) >= 11 is 1.72. The number of thioether (sulfide) groups is 1. The van der Waals surface area contributed by atoms with Crippen molar-refractivity contribution in [2.24, 2.45) is 5.73 Å². The highest BCUT2D eigenvalue weighted by atomic mass is 32.2. The number of nitrogens with one attached hydrogen (secondary N) is 1. The molecular formula is C12H18N2OS. The van der Waals surface area contributed by atoms with Crippen LogP contribution in [0.5, 0.6) is 5.75 Å². The molecule has 3 nitrogen and oxygen atoms in total. The van der Waals surface area contributed by atoms with Gasteiger partial charge < -0.3 is 10.5 Å². The molecule has 4 heteroatoms. The molecule has 0 bridgehead atoms. The quantitative estimate of drug-likeness (QED) is 0.455. The van der Waals surface area contributed by atoms with E-state index in [9.17, 15) is 0 Å². The third-order valence-electron chi connectivity index (χ3n) is 2.27. The number of nitrogens with two attached hydrogens (primary N) is 1. The first-order valence-corrected chi connectivity index (χ1v) is 6.18. The maximum absolute atomic E-state index is 7.33. The lowest BCUT2D eigenvalue weighted by molar-refractivity contribution is 0.404. The number of rotatable bonds is 6. The van der Waals surface area contributed by atoms with Gasteiger partial charge in [-0.05, 0) is 18.6 Å². The van der Waals surface area contributed by atoms with Crippen molar-refractivity contribution >= 4 is 17.6 Å². The normalized spacial score (nSPS) is 12.1. The number of hydrogen-bond acceptors (Lipinski definition) is 3. The highest BCUT2D eigenvalue weighted by Gasteiger charge is 2.12. The van der Waals surface area contributed by atoms with Gasteiger partial charge in [-0.3, -0.25) is 5.41 Å². The molecule has 88 valence electrons. The Labute approximate surface area is 101 Å². The monoisotopic (exact) mass is 238 g/mol. The maximum Gasteiger partial charge on any atom is 0.132 e. The van der Waals surface area contributed by atoms with Crippen molar-refractivity contribution in [1.29, 1.82) is 5.41 Å². The van der Waals surface area contributed by atoms with Crippen molar-refractivity contribution in [3.05, 3.63) is 24.3 Å². The average molecular weight is 238 g/mol. The molecule has 1 rings (SSSR count). The standard InChI is InChI=1S/C12H18N2OS/c1-3-9(8-12(13)14)16-11-7-5-4-6-10(11)15-2/h4-7,9H,3,8H2,1-2H3,(H3,13,14). The van der Waals surface area contributed by atoms with Gasteiger partial charge in [0.05, 0.1) is 12.9 Å². The Morgan fingerprint density at radius 3 is 2.75 bits per heavy atom. The molecule has 16 heavy (non-hydrogen) atoms. The van der Waals surface area contributed by atoms with Gasteiger partial charge in [-0.15, -0.1) is 11.8 Å². The SMILES string of the molecule is CCC(CC(=N)N)Sc1ccccc1OC. The fraction of sp³-hybridized carbons (Fsp3) is 0.417. The maximum atomic E-state index is 7.33. The van der Waals surface area contributed by atoms with Crippen molar-refractivity contribution in [3.8, 4) is 5.75 Å². The largest absolute Gasteiger partial charge is 0.496 e. The van der Waals surface area contributed by atoms with Crippen LogP contribution >= 0.6 is 11.8 Å².